The molecule has 0 fully saturated rings. The summed E-state index contributed by atoms with van der Waals surface area (Å²) in [6.45, 7) is 2.54. The first-order valence-corrected chi connectivity index (χ1v) is 6.94. The highest BCUT2D eigenvalue weighted by Crippen LogP contribution is 2.18. The number of hydrogen-bond acceptors (Lipinski definition) is 2. The van der Waals surface area contributed by atoms with Crippen molar-refractivity contribution >= 4 is 21.6 Å². The van der Waals surface area contributed by atoms with Gasteiger partial charge < -0.3 is 9.80 Å². The molecule has 74 valence electrons. The Balaban J connectivity index is 2.91. The molecular formula is C8H22N2S2+2. The maximum atomic E-state index is 2.20. The highest BCUT2D eigenvalue weighted by molar-refractivity contribution is 8.76. The zero-order chi connectivity index (χ0) is 9.40. The molecule has 0 aliphatic heterocycles. The van der Waals surface area contributed by atoms with E-state index in [4.69, 9.17) is 0 Å². The molecule has 0 saturated carbocycles. The van der Waals surface area contributed by atoms with Crippen LogP contribution >= 0.6 is 21.6 Å². The molecule has 2 nitrogen and oxygen atoms in total. The standard InChI is InChI=1S/C8H20N2S2/c1-9(2)5-7-11-12-8-6-10(3)4/h5-8H2,1-4H3/p+2. The lowest BCUT2D eigenvalue weighted by Crippen LogP contribution is -3.06. The molecule has 0 amide bonds. The molecule has 0 radical (unpaired) electrons. The summed E-state index contributed by atoms with van der Waals surface area (Å²) in [6, 6.07) is 0. The van der Waals surface area contributed by atoms with E-state index in [0.29, 0.717) is 0 Å². The summed E-state index contributed by atoms with van der Waals surface area (Å²) < 4.78 is 0. The maximum Gasteiger partial charge on any atom is 0.0867 e. The van der Waals surface area contributed by atoms with Gasteiger partial charge in [0.15, 0.2) is 0 Å². The lowest BCUT2D eigenvalue weighted by molar-refractivity contribution is -0.855. The van der Waals surface area contributed by atoms with Crippen LogP contribution in [0.25, 0.3) is 0 Å². The van der Waals surface area contributed by atoms with Crippen molar-refractivity contribution in [2.24, 2.45) is 0 Å². The first-order chi connectivity index (χ1) is 5.63. The highest BCUT2D eigenvalue weighted by atomic mass is 33.1. The lowest BCUT2D eigenvalue weighted by Gasteiger charge is -2.07. The van der Waals surface area contributed by atoms with E-state index in [1.807, 2.05) is 21.6 Å². The van der Waals surface area contributed by atoms with E-state index in [1.54, 1.807) is 9.80 Å². The molecule has 0 aliphatic carbocycles. The van der Waals surface area contributed by atoms with Gasteiger partial charge in [-0.3, -0.25) is 0 Å². The zero-order valence-electron chi connectivity index (χ0n) is 8.64. The summed E-state index contributed by atoms with van der Waals surface area (Å²) in [5, 5.41) is 0. The van der Waals surface area contributed by atoms with Crippen molar-refractivity contribution in [2.75, 3.05) is 52.8 Å². The predicted molar refractivity (Wildman–Crippen MR) is 60.3 cm³/mol. The minimum Gasteiger partial charge on any atom is -0.339 e. The number of nitrogens with one attached hydrogen (secondary N) is 2. The van der Waals surface area contributed by atoms with Gasteiger partial charge in [0, 0.05) is 0 Å². The van der Waals surface area contributed by atoms with Crippen LogP contribution in [0.2, 0.25) is 0 Å². The molecule has 0 saturated heterocycles. The van der Waals surface area contributed by atoms with Crippen LogP contribution in [0.15, 0.2) is 0 Å². The summed E-state index contributed by atoms with van der Waals surface area (Å²) >= 11 is 0. The third-order valence-electron chi connectivity index (χ3n) is 1.45. The van der Waals surface area contributed by atoms with E-state index < -0.39 is 0 Å². The third kappa shape index (κ3) is 10.6. The first-order valence-electron chi connectivity index (χ1n) is 4.45. The van der Waals surface area contributed by atoms with Crippen molar-refractivity contribution in [1.82, 2.24) is 0 Å². The normalized spacial score (nSPS) is 11.5. The number of rotatable bonds is 7. The zero-order valence-corrected chi connectivity index (χ0v) is 10.3. The van der Waals surface area contributed by atoms with Crippen LogP contribution < -0.4 is 9.80 Å². The molecule has 0 rings (SSSR count). The van der Waals surface area contributed by atoms with Gasteiger partial charge in [-0.05, 0) is 0 Å². The molecule has 0 bridgehead atoms. The van der Waals surface area contributed by atoms with Gasteiger partial charge in [-0.15, -0.1) is 0 Å². The fourth-order valence-corrected chi connectivity index (χ4v) is 3.04. The van der Waals surface area contributed by atoms with Crippen LogP contribution in [0.3, 0.4) is 0 Å². The van der Waals surface area contributed by atoms with E-state index in [0.717, 1.165) is 0 Å². The lowest BCUT2D eigenvalue weighted by atomic mass is 10.7. The molecular weight excluding hydrogens is 188 g/mol. The molecule has 0 aromatic carbocycles. The SMILES string of the molecule is C[NH+](C)CCSSCC[NH+](C)C. The van der Waals surface area contributed by atoms with Crippen molar-refractivity contribution < 1.29 is 9.80 Å². The Bertz CT molecular complexity index is 85.1. The Morgan fingerprint density at radius 3 is 1.33 bits per heavy atom. The smallest absolute Gasteiger partial charge is 0.0867 e. The van der Waals surface area contributed by atoms with E-state index >= 15 is 0 Å². The third-order valence-corrected chi connectivity index (χ3v) is 3.86. The Hall–Kier alpha value is 0.620. The maximum absolute atomic E-state index is 2.20. The van der Waals surface area contributed by atoms with Crippen LogP contribution in [0.5, 0.6) is 0 Å². The summed E-state index contributed by atoms with van der Waals surface area (Å²) in [6.07, 6.45) is 0. The second kappa shape index (κ2) is 8.23. The Morgan fingerprint density at radius 1 is 0.750 bits per heavy atom. The van der Waals surface area contributed by atoms with Gasteiger partial charge in [0.05, 0.1) is 52.8 Å². The largest absolute Gasteiger partial charge is 0.339 e. The van der Waals surface area contributed by atoms with Crippen LogP contribution in [-0.4, -0.2) is 52.8 Å². The molecule has 0 atom stereocenters. The second-order valence-corrected chi connectivity index (χ2v) is 6.26. The van der Waals surface area contributed by atoms with Crippen molar-refractivity contribution in [3.05, 3.63) is 0 Å². The fraction of sp³-hybridized carbons (Fsp3) is 1.00. The average molecular weight is 210 g/mol. The molecule has 4 heteroatoms. The highest BCUT2D eigenvalue weighted by Gasteiger charge is 1.96. The van der Waals surface area contributed by atoms with E-state index in [2.05, 4.69) is 28.2 Å². The predicted octanol–water partition coefficient (Wildman–Crippen LogP) is -1.34. The Labute approximate surface area is 84.5 Å². The molecule has 0 spiro atoms. The van der Waals surface area contributed by atoms with Crippen LogP contribution in [0, 0.1) is 0 Å². The molecule has 0 aromatic rings. The van der Waals surface area contributed by atoms with Crippen molar-refractivity contribution in [1.29, 1.82) is 0 Å². The quantitative estimate of drug-likeness (QED) is 0.397. The Kier molecular flexibility index (Phi) is 8.65. The van der Waals surface area contributed by atoms with Crippen LogP contribution in [0.1, 0.15) is 0 Å². The summed E-state index contributed by atoms with van der Waals surface area (Å²) in [4.78, 5) is 3.09. The van der Waals surface area contributed by atoms with Crippen molar-refractivity contribution in [3.8, 4) is 0 Å². The van der Waals surface area contributed by atoms with Gasteiger partial charge in [-0.2, -0.15) is 0 Å². The average Bonchev–Trinajstić information content (AvgIpc) is 1.95. The molecule has 0 heterocycles. The van der Waals surface area contributed by atoms with E-state index in [-0.39, 0.29) is 0 Å². The number of hydrogen-bond donors (Lipinski definition) is 2. The van der Waals surface area contributed by atoms with Crippen molar-refractivity contribution in [3.63, 3.8) is 0 Å². The first kappa shape index (κ1) is 12.6. The summed E-state index contributed by atoms with van der Waals surface area (Å²) in [5.41, 5.74) is 0. The minimum absolute atomic E-state index is 1.27. The van der Waals surface area contributed by atoms with Gasteiger partial charge >= 0.3 is 0 Å². The van der Waals surface area contributed by atoms with Gasteiger partial charge in [0.2, 0.25) is 0 Å². The van der Waals surface area contributed by atoms with Crippen LogP contribution in [-0.2, 0) is 0 Å². The minimum atomic E-state index is 1.27. The monoisotopic (exact) mass is 210 g/mol. The molecule has 12 heavy (non-hydrogen) atoms. The summed E-state index contributed by atoms with van der Waals surface area (Å²) in [7, 11) is 12.8. The number of quaternary nitrogens is 2. The Morgan fingerprint density at radius 2 is 1.08 bits per heavy atom. The summed E-state index contributed by atoms with van der Waals surface area (Å²) in [5.74, 6) is 2.55. The topological polar surface area (TPSA) is 8.88 Å². The molecule has 2 N–H and O–H groups in total. The van der Waals surface area contributed by atoms with Gasteiger partial charge in [0.1, 0.15) is 0 Å². The molecule has 0 unspecified atom stereocenters. The van der Waals surface area contributed by atoms with Gasteiger partial charge in [-0.25, -0.2) is 0 Å². The van der Waals surface area contributed by atoms with Crippen LogP contribution in [0.4, 0.5) is 0 Å². The fourth-order valence-electron chi connectivity index (χ4n) is 0.609. The van der Waals surface area contributed by atoms with Gasteiger partial charge in [0.25, 0.3) is 0 Å². The van der Waals surface area contributed by atoms with E-state index in [9.17, 15) is 0 Å². The van der Waals surface area contributed by atoms with Gasteiger partial charge in [-0.1, -0.05) is 21.6 Å². The van der Waals surface area contributed by atoms with Crippen molar-refractivity contribution in [2.45, 2.75) is 0 Å². The molecule has 0 aromatic heterocycles. The molecule has 0 aliphatic rings. The second-order valence-electron chi connectivity index (χ2n) is 3.56. The van der Waals surface area contributed by atoms with E-state index in [1.165, 1.54) is 24.6 Å².